The number of carbonyl (C=O) groups excluding carboxylic acids is 3. The van der Waals surface area contributed by atoms with Gasteiger partial charge in [-0.15, -0.1) is 0 Å². The van der Waals surface area contributed by atoms with Crippen LogP contribution in [0, 0.1) is 6.92 Å². The second-order valence-corrected chi connectivity index (χ2v) is 11.1. The fourth-order valence-electron chi connectivity index (χ4n) is 4.14. The molecule has 1 aromatic heterocycles. The summed E-state index contributed by atoms with van der Waals surface area (Å²) in [7, 11) is 2.92. The topological polar surface area (TPSA) is 112 Å². The number of aryl methyl sites for hydroxylation is 2. The first kappa shape index (κ1) is 36.9. The third kappa shape index (κ3) is 10.7. The summed E-state index contributed by atoms with van der Waals surface area (Å²) in [5.74, 6) is 0.163. The number of allylic oxidation sites excluding steroid dienone is 2. The summed E-state index contributed by atoms with van der Waals surface area (Å²) in [6, 6.07) is 13.3. The molecule has 0 fully saturated rings. The van der Waals surface area contributed by atoms with Crippen molar-refractivity contribution in [3.63, 3.8) is 0 Å². The minimum absolute atomic E-state index is 0.243. The normalized spacial score (nSPS) is 11.5. The van der Waals surface area contributed by atoms with Crippen LogP contribution in [0.25, 0.3) is 5.70 Å². The second kappa shape index (κ2) is 19.2. The molecule has 242 valence electrons. The van der Waals surface area contributed by atoms with Gasteiger partial charge >= 0.3 is 5.97 Å². The summed E-state index contributed by atoms with van der Waals surface area (Å²) in [5.41, 5.74) is 4.57. The fourth-order valence-corrected chi connectivity index (χ4v) is 4.61. The van der Waals surface area contributed by atoms with Gasteiger partial charge in [0.25, 0.3) is 11.8 Å². The summed E-state index contributed by atoms with van der Waals surface area (Å²) in [6.07, 6.45) is 9.19. The number of rotatable bonds is 14. The Morgan fingerprint density at radius 1 is 1.00 bits per heavy atom. The van der Waals surface area contributed by atoms with Crippen LogP contribution < -0.4 is 15.4 Å². The van der Waals surface area contributed by atoms with Crippen molar-refractivity contribution >= 4 is 40.9 Å². The Kier molecular flexibility index (Phi) is 15.7. The Morgan fingerprint density at radius 2 is 1.67 bits per heavy atom. The van der Waals surface area contributed by atoms with E-state index in [0.717, 1.165) is 28.3 Å². The maximum absolute atomic E-state index is 13.2. The van der Waals surface area contributed by atoms with E-state index < -0.39 is 23.8 Å². The molecular formula is C35H46N4O5S. The van der Waals surface area contributed by atoms with Gasteiger partial charge in [-0.05, 0) is 79.8 Å². The number of carbonyl (C=O) groups is 3. The zero-order valence-electron chi connectivity index (χ0n) is 27.4. The van der Waals surface area contributed by atoms with Crippen molar-refractivity contribution in [3.05, 3.63) is 95.3 Å². The Hall–Kier alpha value is -4.31. The molecule has 9 nitrogen and oxygen atoms in total. The van der Waals surface area contributed by atoms with E-state index >= 15 is 0 Å². The molecule has 45 heavy (non-hydrogen) atoms. The Labute approximate surface area is 271 Å². The van der Waals surface area contributed by atoms with Gasteiger partial charge in [-0.25, -0.2) is 9.48 Å². The van der Waals surface area contributed by atoms with Gasteiger partial charge in [0.2, 0.25) is 0 Å². The number of hydrogen-bond acceptors (Lipinski definition) is 7. The van der Waals surface area contributed by atoms with E-state index in [1.807, 2.05) is 44.4 Å². The first-order valence-electron chi connectivity index (χ1n) is 15.0. The number of thioether (sulfide) groups is 1. The largest absolute Gasteiger partial charge is 0.496 e. The van der Waals surface area contributed by atoms with Gasteiger partial charge in [-0.3, -0.25) is 9.59 Å². The van der Waals surface area contributed by atoms with Crippen LogP contribution in [-0.2, 0) is 16.0 Å². The van der Waals surface area contributed by atoms with Crippen LogP contribution in [0.1, 0.15) is 77.7 Å². The fraction of sp³-hybridized carbons (Fsp3) is 0.371. The number of unbranched alkanes of at least 4 members (excludes halogenated alkanes) is 1. The Balaban J connectivity index is 0.00000166. The summed E-state index contributed by atoms with van der Waals surface area (Å²) in [6.45, 7) is 12.2. The third-order valence-corrected chi connectivity index (χ3v) is 7.54. The zero-order chi connectivity index (χ0) is 33.4. The summed E-state index contributed by atoms with van der Waals surface area (Å²) < 4.78 is 12.0. The van der Waals surface area contributed by atoms with E-state index in [0.29, 0.717) is 29.8 Å². The lowest BCUT2D eigenvalue weighted by molar-refractivity contribution is -0.142. The highest BCUT2D eigenvalue weighted by Gasteiger charge is 2.22. The molecular weight excluding hydrogens is 588 g/mol. The molecule has 0 aliphatic carbocycles. The van der Waals surface area contributed by atoms with Crippen LogP contribution in [0.2, 0.25) is 0 Å². The van der Waals surface area contributed by atoms with Crippen LogP contribution in [-0.4, -0.2) is 59.8 Å². The van der Waals surface area contributed by atoms with Crippen LogP contribution in [0.15, 0.2) is 67.3 Å². The van der Waals surface area contributed by atoms with Crippen molar-refractivity contribution in [1.82, 2.24) is 15.1 Å². The van der Waals surface area contributed by atoms with Gasteiger partial charge in [-0.1, -0.05) is 58.4 Å². The first-order valence-corrected chi connectivity index (χ1v) is 16.4. The number of aromatic nitrogens is 2. The lowest BCUT2D eigenvalue weighted by Crippen LogP contribution is -2.41. The molecule has 3 rings (SSSR count). The van der Waals surface area contributed by atoms with Crippen molar-refractivity contribution in [3.8, 4) is 5.75 Å². The maximum Gasteiger partial charge on any atom is 0.328 e. The number of hydrogen-bond donors (Lipinski definition) is 2. The van der Waals surface area contributed by atoms with Gasteiger partial charge in [0, 0.05) is 22.5 Å². The van der Waals surface area contributed by atoms with E-state index in [9.17, 15) is 14.4 Å². The number of benzene rings is 2. The van der Waals surface area contributed by atoms with E-state index in [1.165, 1.54) is 20.0 Å². The van der Waals surface area contributed by atoms with Crippen molar-refractivity contribution in [2.75, 3.05) is 31.5 Å². The Bertz CT molecular complexity index is 1460. The summed E-state index contributed by atoms with van der Waals surface area (Å²) >= 11 is 1.58. The molecule has 0 bridgehead atoms. The van der Waals surface area contributed by atoms with Crippen molar-refractivity contribution in [1.29, 1.82) is 0 Å². The highest BCUT2D eigenvalue weighted by molar-refractivity contribution is 7.98. The smallest absolute Gasteiger partial charge is 0.328 e. The molecule has 1 unspecified atom stereocenters. The van der Waals surface area contributed by atoms with E-state index in [1.54, 1.807) is 60.0 Å². The lowest BCUT2D eigenvalue weighted by Gasteiger charge is -2.16. The molecule has 2 amide bonds. The zero-order valence-corrected chi connectivity index (χ0v) is 28.3. The SMILES string of the molecule is C=C/C=C(/c1ccc(C)c(OC)c1)n1nc(C(=O)Nc2ccc(C(=O)NC(CCSC)C(=O)OC)cc2)cc1CC.CCCC. The van der Waals surface area contributed by atoms with Crippen molar-refractivity contribution in [2.45, 2.75) is 59.4 Å². The van der Waals surface area contributed by atoms with Crippen LogP contribution >= 0.6 is 11.8 Å². The second-order valence-electron chi connectivity index (χ2n) is 10.1. The predicted octanol–water partition coefficient (Wildman–Crippen LogP) is 6.92. The standard InChI is InChI=1S/C31H36N4O5S.C4H10/c1-7-9-27(22-11-10-20(3)28(18-22)39-4)35-24(8-2)19-26(34-35)30(37)32-23-14-12-21(13-15-23)29(36)33-25(16-17-41-6)31(38)40-5;1-3-4-2/h7,9-15,18-19,25H,1,8,16-17H2,2-6H3,(H,32,37)(H,33,36);3-4H2,1-2H3/b27-9-;. The minimum atomic E-state index is -0.733. The minimum Gasteiger partial charge on any atom is -0.496 e. The molecule has 0 saturated heterocycles. The molecule has 10 heteroatoms. The molecule has 0 aliphatic rings. The maximum atomic E-state index is 13.2. The van der Waals surface area contributed by atoms with Crippen molar-refractivity contribution < 1.29 is 23.9 Å². The van der Waals surface area contributed by atoms with Gasteiger partial charge < -0.3 is 20.1 Å². The molecule has 2 aromatic carbocycles. The van der Waals surface area contributed by atoms with Gasteiger partial charge in [-0.2, -0.15) is 16.9 Å². The first-order chi connectivity index (χ1) is 21.7. The molecule has 0 saturated carbocycles. The highest BCUT2D eigenvalue weighted by Crippen LogP contribution is 2.26. The molecule has 3 aromatic rings. The van der Waals surface area contributed by atoms with E-state index in [-0.39, 0.29) is 5.69 Å². The third-order valence-electron chi connectivity index (χ3n) is 6.89. The van der Waals surface area contributed by atoms with Crippen LogP contribution in [0.4, 0.5) is 5.69 Å². The number of esters is 1. The molecule has 0 spiro atoms. The Morgan fingerprint density at radius 3 is 2.22 bits per heavy atom. The number of anilines is 1. The molecule has 1 atom stereocenters. The number of nitrogens with zero attached hydrogens (tertiary/aromatic N) is 2. The molecule has 1 heterocycles. The average molecular weight is 635 g/mol. The molecule has 0 radical (unpaired) electrons. The summed E-state index contributed by atoms with van der Waals surface area (Å²) in [4.78, 5) is 37.9. The lowest BCUT2D eigenvalue weighted by atomic mass is 10.1. The number of nitrogens with one attached hydrogen (secondary N) is 2. The van der Waals surface area contributed by atoms with E-state index in [4.69, 9.17) is 9.47 Å². The molecule has 0 aliphatic heterocycles. The number of ether oxygens (including phenoxy) is 2. The number of amides is 2. The predicted molar refractivity (Wildman–Crippen MR) is 184 cm³/mol. The monoisotopic (exact) mass is 634 g/mol. The van der Waals surface area contributed by atoms with Gasteiger partial charge in [0.1, 0.15) is 11.8 Å². The van der Waals surface area contributed by atoms with Crippen LogP contribution in [0.3, 0.4) is 0 Å². The number of methoxy groups -OCH3 is 2. The van der Waals surface area contributed by atoms with Gasteiger partial charge in [0.15, 0.2) is 5.69 Å². The highest BCUT2D eigenvalue weighted by atomic mass is 32.2. The average Bonchev–Trinajstić information content (AvgIpc) is 3.50. The van der Waals surface area contributed by atoms with Crippen molar-refractivity contribution in [2.24, 2.45) is 0 Å². The van der Waals surface area contributed by atoms with E-state index in [2.05, 4.69) is 36.2 Å². The van der Waals surface area contributed by atoms with Gasteiger partial charge in [0.05, 0.1) is 19.9 Å². The molecule has 2 N–H and O–H groups in total. The summed E-state index contributed by atoms with van der Waals surface area (Å²) in [5, 5.41) is 10.2. The van der Waals surface area contributed by atoms with Crippen LogP contribution in [0.5, 0.6) is 5.75 Å². The quantitative estimate of drug-likeness (QED) is 0.146.